The summed E-state index contributed by atoms with van der Waals surface area (Å²) in [4.78, 5) is 12.5. The van der Waals surface area contributed by atoms with Crippen LogP contribution in [0.4, 0.5) is 0 Å². The van der Waals surface area contributed by atoms with Crippen LogP contribution in [0.25, 0.3) is 0 Å². The normalized spacial score (nSPS) is 43.8. The van der Waals surface area contributed by atoms with E-state index in [4.69, 9.17) is 4.55 Å². The van der Waals surface area contributed by atoms with Crippen LogP contribution in [0, 0.1) is 52.3 Å². The molecule has 0 aromatic heterocycles. The predicted octanol–water partition coefficient (Wildman–Crippen LogP) is 4.67. The van der Waals surface area contributed by atoms with E-state index in [0.717, 1.165) is 37.0 Å². The van der Waals surface area contributed by atoms with Gasteiger partial charge in [0.2, 0.25) is 5.91 Å². The number of carbonyl (C=O) groups excluding carboxylic acids is 1. The molecule has 0 aliphatic heterocycles. The van der Waals surface area contributed by atoms with Gasteiger partial charge in [-0.05, 0) is 111 Å². The second-order valence-corrected chi connectivity index (χ2v) is 14.6. The maximum Gasteiger partial charge on any atom is 0.266 e. The zero-order valence-electron chi connectivity index (χ0n) is 21.6. The van der Waals surface area contributed by atoms with Crippen LogP contribution >= 0.6 is 0 Å². The fourth-order valence-corrected chi connectivity index (χ4v) is 9.88. The van der Waals surface area contributed by atoms with Gasteiger partial charge in [0.05, 0.1) is 11.9 Å². The first kappa shape index (κ1) is 26.4. The molecule has 0 radical (unpaired) electrons. The average Bonchev–Trinajstić information content (AvgIpc) is 3.10. The Morgan fingerprint density at radius 1 is 1.00 bits per heavy atom. The number of amides is 1. The Hall–Kier alpha value is -0.660. The van der Waals surface area contributed by atoms with Crippen LogP contribution in [0.3, 0.4) is 0 Å². The fourth-order valence-electron chi connectivity index (χ4n) is 9.52. The molecule has 7 heteroatoms. The van der Waals surface area contributed by atoms with Gasteiger partial charge in [0.25, 0.3) is 10.1 Å². The summed E-state index contributed by atoms with van der Waals surface area (Å²) in [5, 5.41) is 12.9. The molecule has 0 spiro atoms. The Balaban J connectivity index is 1.38. The van der Waals surface area contributed by atoms with Crippen molar-refractivity contribution in [2.45, 2.75) is 98.0 Å². The summed E-state index contributed by atoms with van der Waals surface area (Å²) in [6, 6.07) is 0. The molecule has 0 heterocycles. The van der Waals surface area contributed by atoms with Crippen molar-refractivity contribution in [2.75, 3.05) is 12.3 Å². The minimum atomic E-state index is -4.05. The highest BCUT2D eigenvalue weighted by atomic mass is 32.2. The molecule has 3 N–H and O–H groups in total. The number of aliphatic hydroxyl groups excluding tert-OH is 1. The van der Waals surface area contributed by atoms with E-state index >= 15 is 0 Å². The van der Waals surface area contributed by atoms with Crippen LogP contribution < -0.4 is 5.32 Å². The third-order valence-corrected chi connectivity index (χ3v) is 12.0. The fraction of sp³-hybridized carbons (Fsp3) is 0.963. The number of aliphatic hydroxyl groups is 1. The monoisotopic (exact) mass is 497 g/mol. The Morgan fingerprint density at radius 2 is 1.68 bits per heavy atom. The molecule has 0 aromatic rings. The summed E-state index contributed by atoms with van der Waals surface area (Å²) in [5.41, 5.74) is 0.751. The maximum absolute atomic E-state index is 12.5. The Bertz CT molecular complexity index is 861. The van der Waals surface area contributed by atoms with Gasteiger partial charge in [-0.25, -0.2) is 0 Å². The van der Waals surface area contributed by atoms with Crippen molar-refractivity contribution < 1.29 is 22.9 Å². The minimum Gasteiger partial charge on any atom is -0.393 e. The molecule has 6 nitrogen and oxygen atoms in total. The van der Waals surface area contributed by atoms with Crippen molar-refractivity contribution in [3.05, 3.63) is 0 Å². The van der Waals surface area contributed by atoms with Gasteiger partial charge in [0.1, 0.15) is 0 Å². The molecule has 4 rings (SSSR count). The van der Waals surface area contributed by atoms with E-state index < -0.39 is 15.9 Å². The van der Waals surface area contributed by atoms with Crippen molar-refractivity contribution in [1.29, 1.82) is 0 Å². The van der Waals surface area contributed by atoms with Gasteiger partial charge in [0, 0.05) is 12.5 Å². The summed E-state index contributed by atoms with van der Waals surface area (Å²) in [5.74, 6) is 3.44. The number of carbonyl (C=O) groups is 1. The quantitative estimate of drug-likeness (QED) is 0.443. The van der Waals surface area contributed by atoms with Crippen LogP contribution in [0.2, 0.25) is 0 Å². The third kappa shape index (κ3) is 4.95. The van der Waals surface area contributed by atoms with Gasteiger partial charge in [-0.15, -0.1) is 0 Å². The van der Waals surface area contributed by atoms with E-state index in [9.17, 15) is 18.3 Å². The zero-order chi connectivity index (χ0) is 24.9. The molecule has 0 aromatic carbocycles. The molecule has 4 aliphatic rings. The Labute approximate surface area is 206 Å². The van der Waals surface area contributed by atoms with Gasteiger partial charge < -0.3 is 10.4 Å². The molecular weight excluding hydrogens is 450 g/mol. The van der Waals surface area contributed by atoms with Crippen LogP contribution in [0.1, 0.15) is 91.9 Å². The molecule has 0 saturated heterocycles. The van der Waals surface area contributed by atoms with Gasteiger partial charge in [-0.1, -0.05) is 27.7 Å². The van der Waals surface area contributed by atoms with Crippen molar-refractivity contribution >= 4 is 16.0 Å². The molecule has 10 unspecified atom stereocenters. The first-order valence-corrected chi connectivity index (χ1v) is 15.4. The smallest absolute Gasteiger partial charge is 0.266 e. The summed E-state index contributed by atoms with van der Waals surface area (Å²) in [7, 11) is -4.05. The van der Waals surface area contributed by atoms with Crippen LogP contribution in [-0.4, -0.2) is 42.4 Å². The average molecular weight is 498 g/mol. The van der Waals surface area contributed by atoms with Crippen LogP contribution in [0.15, 0.2) is 0 Å². The summed E-state index contributed by atoms with van der Waals surface area (Å²) >= 11 is 0. The number of rotatable bonds is 7. The van der Waals surface area contributed by atoms with E-state index in [-0.39, 0.29) is 24.5 Å². The summed E-state index contributed by atoms with van der Waals surface area (Å²) in [6.45, 7) is 9.29. The van der Waals surface area contributed by atoms with Gasteiger partial charge in [-0.2, -0.15) is 8.42 Å². The van der Waals surface area contributed by atoms with Gasteiger partial charge in [-0.3, -0.25) is 9.35 Å². The van der Waals surface area contributed by atoms with Crippen molar-refractivity contribution in [3.63, 3.8) is 0 Å². The number of hydrogen-bond acceptors (Lipinski definition) is 4. The van der Waals surface area contributed by atoms with Crippen molar-refractivity contribution in [3.8, 4) is 0 Å². The molecule has 10 atom stereocenters. The van der Waals surface area contributed by atoms with Crippen molar-refractivity contribution in [2.24, 2.45) is 52.3 Å². The lowest BCUT2D eigenvalue weighted by Crippen LogP contribution is -2.54. The van der Waals surface area contributed by atoms with E-state index in [1.165, 1.54) is 44.9 Å². The third-order valence-electron chi connectivity index (χ3n) is 11.2. The van der Waals surface area contributed by atoms with Crippen LogP contribution in [0.5, 0.6) is 0 Å². The summed E-state index contributed by atoms with van der Waals surface area (Å²) in [6.07, 6.45) is 11.7. The van der Waals surface area contributed by atoms with E-state index in [1.807, 2.05) is 6.92 Å². The second kappa shape index (κ2) is 9.66. The molecule has 196 valence electrons. The first-order chi connectivity index (χ1) is 15.8. The number of nitrogens with one attached hydrogen (secondary N) is 1. The topological polar surface area (TPSA) is 104 Å². The Kier molecular flexibility index (Phi) is 7.50. The molecular formula is C27H47NO5S. The maximum atomic E-state index is 12.5. The van der Waals surface area contributed by atoms with Gasteiger partial charge >= 0.3 is 0 Å². The van der Waals surface area contributed by atoms with E-state index in [0.29, 0.717) is 28.6 Å². The SMILES string of the molecule is CC(CC(C)C1CCC2C3CCC4CC(O)CCC4(C)C3CCC12C)C(=O)NCCS(=O)(=O)O. The lowest BCUT2D eigenvalue weighted by atomic mass is 9.44. The lowest BCUT2D eigenvalue weighted by molar-refractivity contribution is -0.131. The summed E-state index contributed by atoms with van der Waals surface area (Å²) < 4.78 is 30.7. The second-order valence-electron chi connectivity index (χ2n) is 13.0. The standard InChI is InChI=1S/C27H47NO5S/c1-17(15-18(2)25(30)28-13-14-34(31,32)33)22-7-8-23-21-6-5-19-16-20(29)9-11-26(19,3)24(21)10-12-27(22,23)4/h17-24,29H,5-16H2,1-4H3,(H,28,30)(H,31,32,33). The minimum absolute atomic E-state index is 0.0422. The zero-order valence-corrected chi connectivity index (χ0v) is 22.4. The van der Waals surface area contributed by atoms with Crippen molar-refractivity contribution in [1.82, 2.24) is 5.32 Å². The largest absolute Gasteiger partial charge is 0.393 e. The van der Waals surface area contributed by atoms with Crippen LogP contribution in [-0.2, 0) is 14.9 Å². The van der Waals surface area contributed by atoms with E-state index in [1.54, 1.807) is 0 Å². The number of fused-ring (bicyclic) bond motifs is 5. The predicted molar refractivity (Wildman–Crippen MR) is 134 cm³/mol. The molecule has 0 bridgehead atoms. The molecule has 4 fully saturated rings. The highest BCUT2D eigenvalue weighted by Gasteiger charge is 2.60. The molecule has 4 saturated carbocycles. The first-order valence-electron chi connectivity index (χ1n) is 13.8. The molecule has 34 heavy (non-hydrogen) atoms. The highest BCUT2D eigenvalue weighted by Crippen LogP contribution is 2.68. The van der Waals surface area contributed by atoms with Gasteiger partial charge in [0.15, 0.2) is 0 Å². The van der Waals surface area contributed by atoms with E-state index in [2.05, 4.69) is 26.1 Å². The lowest BCUT2D eigenvalue weighted by Gasteiger charge is -2.61. The number of hydrogen-bond donors (Lipinski definition) is 3. The highest BCUT2D eigenvalue weighted by molar-refractivity contribution is 7.85. The Morgan fingerprint density at radius 3 is 2.38 bits per heavy atom. The molecule has 1 amide bonds. The molecule has 4 aliphatic carbocycles.